The Morgan fingerprint density at radius 2 is 0.940 bits per heavy atom. The first-order chi connectivity index (χ1) is 23.5. The molecule has 50 heavy (non-hydrogen) atoms. The molecule has 0 spiro atoms. The highest BCUT2D eigenvalue weighted by Crippen LogP contribution is 2.42. The zero-order valence-corrected chi connectivity index (χ0v) is 29.1. The average molecular weight is 679 g/mol. The summed E-state index contributed by atoms with van der Waals surface area (Å²) >= 11 is 0. The van der Waals surface area contributed by atoms with Gasteiger partial charge < -0.3 is 23.7 Å². The maximum Gasteiger partial charge on any atom is 0.339 e. The first kappa shape index (κ1) is 38.2. The summed E-state index contributed by atoms with van der Waals surface area (Å²) in [7, 11) is 0. The second kappa shape index (κ2) is 16.7. The van der Waals surface area contributed by atoms with Crippen LogP contribution >= 0.6 is 0 Å². The van der Waals surface area contributed by atoms with E-state index in [-0.39, 0.29) is 45.3 Å². The number of carbonyl (C=O) groups is 5. The summed E-state index contributed by atoms with van der Waals surface area (Å²) in [4.78, 5) is 63.0. The zero-order valence-electron chi connectivity index (χ0n) is 29.1. The van der Waals surface area contributed by atoms with Gasteiger partial charge >= 0.3 is 29.8 Å². The van der Waals surface area contributed by atoms with Gasteiger partial charge in [0.25, 0.3) is 0 Å². The third-order valence-electron chi connectivity index (χ3n) is 7.20. The van der Waals surface area contributed by atoms with Gasteiger partial charge in [-0.15, -0.1) is 0 Å². The molecule has 0 aromatic heterocycles. The minimum absolute atomic E-state index is 0.0148. The van der Waals surface area contributed by atoms with E-state index in [0.717, 1.165) is 0 Å². The topological polar surface area (TPSA) is 132 Å². The van der Waals surface area contributed by atoms with Gasteiger partial charge in [-0.05, 0) is 95.5 Å². The van der Waals surface area contributed by atoms with Crippen molar-refractivity contribution in [2.45, 2.75) is 48.5 Å². The van der Waals surface area contributed by atoms with Crippen LogP contribution in [0.2, 0.25) is 0 Å². The molecule has 0 atom stereocenters. The minimum Gasteiger partial charge on any atom is -0.423 e. The molecular weight excluding hydrogens is 640 g/mol. The molecule has 0 bridgehead atoms. The number of esters is 5. The van der Waals surface area contributed by atoms with Crippen LogP contribution in [-0.4, -0.2) is 29.8 Å². The summed E-state index contributed by atoms with van der Waals surface area (Å²) in [6, 6.07) is 15.4. The fourth-order valence-corrected chi connectivity index (χ4v) is 3.91. The van der Waals surface area contributed by atoms with Crippen molar-refractivity contribution in [1.82, 2.24) is 0 Å². The van der Waals surface area contributed by atoms with E-state index in [9.17, 15) is 24.0 Å². The Bertz CT molecular complexity index is 1960. The Morgan fingerprint density at radius 3 is 1.42 bits per heavy atom. The summed E-state index contributed by atoms with van der Waals surface area (Å²) in [5.41, 5.74) is 3.04. The molecule has 0 saturated carbocycles. The summed E-state index contributed by atoms with van der Waals surface area (Å²) in [5.74, 6) is -3.26. The van der Waals surface area contributed by atoms with E-state index in [1.54, 1.807) is 70.2 Å². The first-order valence-electron chi connectivity index (χ1n) is 15.3. The van der Waals surface area contributed by atoms with E-state index in [0.29, 0.717) is 33.6 Å². The molecule has 0 radical (unpaired) electrons. The zero-order chi connectivity index (χ0) is 37.3. The Morgan fingerprint density at radius 1 is 0.520 bits per heavy atom. The quantitative estimate of drug-likeness (QED) is 0.105. The van der Waals surface area contributed by atoms with E-state index < -0.39 is 29.8 Å². The second-order valence-corrected chi connectivity index (χ2v) is 11.4. The molecule has 0 N–H and O–H groups in total. The Hall–Kier alpha value is -6.29. The fourth-order valence-electron chi connectivity index (χ4n) is 3.91. The Labute approximate surface area is 291 Å². The predicted octanol–water partition coefficient (Wildman–Crippen LogP) is 8.07. The summed E-state index contributed by atoms with van der Waals surface area (Å²) in [6.45, 7) is 21.8. The lowest BCUT2D eigenvalue weighted by atomic mass is 10.0. The van der Waals surface area contributed by atoms with Gasteiger partial charge in [0.05, 0.1) is 0 Å². The maximum absolute atomic E-state index is 13.5. The summed E-state index contributed by atoms with van der Waals surface area (Å²) in [5, 5.41) is 0. The number of benzene rings is 3. The number of hydrogen-bond acceptors (Lipinski definition) is 10. The van der Waals surface area contributed by atoms with Gasteiger partial charge in [0.2, 0.25) is 0 Å². The van der Waals surface area contributed by atoms with E-state index in [1.807, 2.05) is 0 Å². The molecule has 0 saturated heterocycles. The SMILES string of the molecule is C=C(C)C(=O)Oc1ccc(/C(C)=C(\C)C(=O)Oc2cc(OC(=O)/C(C)=C\C)c(-c3ccc(OC(=O)C(=C)C)cc3)cc2OC(=O)C(=C)C)cc1. The van der Waals surface area contributed by atoms with Gasteiger partial charge in [0.1, 0.15) is 17.2 Å². The highest BCUT2D eigenvalue weighted by atomic mass is 16.6. The predicted molar refractivity (Wildman–Crippen MR) is 189 cm³/mol. The third-order valence-corrected chi connectivity index (χ3v) is 7.20. The molecule has 0 heterocycles. The van der Waals surface area contributed by atoms with Crippen LogP contribution in [0.3, 0.4) is 0 Å². The molecule has 3 aromatic rings. The van der Waals surface area contributed by atoms with Gasteiger partial charge in [-0.2, -0.15) is 0 Å². The lowest BCUT2D eigenvalue weighted by Crippen LogP contribution is -2.15. The Balaban J connectivity index is 2.10. The molecular formula is C40H38O10. The van der Waals surface area contributed by atoms with E-state index >= 15 is 0 Å². The van der Waals surface area contributed by atoms with E-state index in [1.165, 1.54) is 45.0 Å². The van der Waals surface area contributed by atoms with Crippen molar-refractivity contribution in [3.05, 3.63) is 120 Å². The summed E-state index contributed by atoms with van der Waals surface area (Å²) < 4.78 is 27.6. The van der Waals surface area contributed by atoms with Crippen LogP contribution in [0.25, 0.3) is 16.7 Å². The molecule has 10 nitrogen and oxygen atoms in total. The van der Waals surface area contributed by atoms with Crippen molar-refractivity contribution < 1.29 is 47.7 Å². The number of hydrogen-bond donors (Lipinski definition) is 0. The van der Waals surface area contributed by atoms with Crippen molar-refractivity contribution in [2.75, 3.05) is 0 Å². The molecule has 0 fully saturated rings. The molecule has 258 valence electrons. The van der Waals surface area contributed by atoms with Crippen LogP contribution in [0, 0.1) is 0 Å². The summed E-state index contributed by atoms with van der Waals surface area (Å²) in [6.07, 6.45) is 1.57. The normalized spacial score (nSPS) is 11.4. The molecule has 0 aliphatic rings. The van der Waals surface area contributed by atoms with Crippen LogP contribution in [-0.2, 0) is 24.0 Å². The Kier molecular flexibility index (Phi) is 12.7. The second-order valence-electron chi connectivity index (χ2n) is 11.4. The molecule has 3 aromatic carbocycles. The number of allylic oxidation sites excluding steroid dienone is 2. The van der Waals surface area contributed by atoms with Crippen molar-refractivity contribution in [3.8, 4) is 39.9 Å². The maximum atomic E-state index is 13.5. The standard InChI is InChI=1S/C40H38O10/c1-11-25(8)39(44)48-33-21-35(50-40(45)27(10)26(9)28-12-16-30(17-13-28)46-36(41)22(2)3)34(49-38(43)24(6)7)20-32(33)29-14-18-31(19-15-29)47-37(42)23(4)5/h11-21H,2,4,6H2,1,3,5,7-10H3/b25-11-,27-26+. The molecule has 0 amide bonds. The number of carbonyl (C=O) groups excluding carboxylic acids is 5. The first-order valence-corrected chi connectivity index (χ1v) is 15.3. The van der Waals surface area contributed by atoms with Crippen LogP contribution in [0.4, 0.5) is 0 Å². The molecule has 0 aliphatic heterocycles. The smallest absolute Gasteiger partial charge is 0.339 e. The van der Waals surface area contributed by atoms with Crippen molar-refractivity contribution in [3.63, 3.8) is 0 Å². The minimum atomic E-state index is -0.791. The highest BCUT2D eigenvalue weighted by Gasteiger charge is 2.23. The van der Waals surface area contributed by atoms with Gasteiger partial charge in [0, 0.05) is 39.5 Å². The largest absolute Gasteiger partial charge is 0.423 e. The highest BCUT2D eigenvalue weighted by molar-refractivity contribution is 5.99. The van der Waals surface area contributed by atoms with Crippen molar-refractivity contribution in [1.29, 1.82) is 0 Å². The van der Waals surface area contributed by atoms with Gasteiger partial charge in [-0.1, -0.05) is 50.1 Å². The van der Waals surface area contributed by atoms with Crippen molar-refractivity contribution >= 4 is 35.4 Å². The van der Waals surface area contributed by atoms with Crippen LogP contribution in [0.1, 0.15) is 54.0 Å². The van der Waals surface area contributed by atoms with Crippen LogP contribution in [0.5, 0.6) is 28.7 Å². The average Bonchev–Trinajstić information content (AvgIpc) is 3.08. The van der Waals surface area contributed by atoms with Crippen LogP contribution in [0.15, 0.2) is 114 Å². The van der Waals surface area contributed by atoms with E-state index in [2.05, 4.69) is 19.7 Å². The molecule has 3 rings (SSSR count). The molecule has 0 unspecified atom stereocenters. The number of ether oxygens (including phenoxy) is 5. The van der Waals surface area contributed by atoms with Gasteiger partial charge in [-0.25, -0.2) is 24.0 Å². The lowest BCUT2D eigenvalue weighted by Gasteiger charge is -2.17. The molecule has 0 aliphatic carbocycles. The van der Waals surface area contributed by atoms with Gasteiger partial charge in [0.15, 0.2) is 11.5 Å². The van der Waals surface area contributed by atoms with Crippen molar-refractivity contribution in [2.24, 2.45) is 0 Å². The van der Waals surface area contributed by atoms with Crippen LogP contribution < -0.4 is 23.7 Å². The van der Waals surface area contributed by atoms with E-state index in [4.69, 9.17) is 23.7 Å². The number of rotatable bonds is 12. The molecule has 10 heteroatoms. The third kappa shape index (κ3) is 9.86. The monoisotopic (exact) mass is 678 g/mol. The fraction of sp³-hybridized carbons (Fsp3) is 0.175. The lowest BCUT2D eigenvalue weighted by molar-refractivity contribution is -0.132. The van der Waals surface area contributed by atoms with Gasteiger partial charge in [-0.3, -0.25) is 0 Å².